The molecule has 0 aliphatic heterocycles. The standard InChI is InChI=1S/C8H6O4.C6H6O.CH2O/c9-7(10)5-2-1-3-6(4-5)8(11)12;7-6-4-2-1-3-5-6;1-2/h1-4H,(H,9,10)(H,11,12);1-5,7H;1H2. The Morgan fingerprint density at radius 3 is 1.48 bits per heavy atom. The first-order chi connectivity index (χ1) is 10.0. The highest BCUT2D eigenvalue weighted by Crippen LogP contribution is 2.04. The molecule has 0 bridgehead atoms. The SMILES string of the molecule is C=O.O=C(O)c1cccc(C(=O)O)c1.Oc1ccccc1. The van der Waals surface area contributed by atoms with Gasteiger partial charge in [-0.05, 0) is 30.3 Å². The minimum atomic E-state index is -1.13. The number of benzene rings is 2. The lowest BCUT2D eigenvalue weighted by Gasteiger charge is -1.95. The molecule has 2 aromatic rings. The lowest BCUT2D eigenvalue weighted by molar-refractivity contribution is -0.0980. The summed E-state index contributed by atoms with van der Waals surface area (Å²) in [6, 6.07) is 13.9. The molecule has 6 nitrogen and oxygen atoms in total. The van der Waals surface area contributed by atoms with Crippen molar-refractivity contribution in [3.05, 3.63) is 65.7 Å². The van der Waals surface area contributed by atoms with Crippen LogP contribution in [0.15, 0.2) is 54.6 Å². The molecular weight excluding hydrogens is 276 g/mol. The second-order valence-corrected chi connectivity index (χ2v) is 3.53. The van der Waals surface area contributed by atoms with Crippen molar-refractivity contribution in [2.75, 3.05) is 0 Å². The first kappa shape index (κ1) is 17.8. The van der Waals surface area contributed by atoms with Gasteiger partial charge >= 0.3 is 11.9 Å². The summed E-state index contributed by atoms with van der Waals surface area (Å²) in [5.41, 5.74) is -0.0372. The van der Waals surface area contributed by atoms with E-state index in [-0.39, 0.29) is 11.1 Å². The van der Waals surface area contributed by atoms with Gasteiger partial charge in [0.1, 0.15) is 12.5 Å². The Bertz CT molecular complexity index is 550. The number of carboxylic acid groups (broad SMARTS) is 2. The smallest absolute Gasteiger partial charge is 0.335 e. The van der Waals surface area contributed by atoms with Crippen LogP contribution in [0.3, 0.4) is 0 Å². The maximum atomic E-state index is 10.4. The van der Waals surface area contributed by atoms with E-state index < -0.39 is 11.9 Å². The first-order valence-electron chi connectivity index (χ1n) is 5.60. The highest BCUT2D eigenvalue weighted by molar-refractivity contribution is 5.93. The highest BCUT2D eigenvalue weighted by atomic mass is 16.4. The van der Waals surface area contributed by atoms with E-state index >= 15 is 0 Å². The molecule has 0 saturated carbocycles. The van der Waals surface area contributed by atoms with Gasteiger partial charge in [0.25, 0.3) is 0 Å². The summed E-state index contributed by atoms with van der Waals surface area (Å²) < 4.78 is 0. The van der Waals surface area contributed by atoms with Crippen molar-refractivity contribution in [2.45, 2.75) is 0 Å². The number of rotatable bonds is 2. The molecule has 0 aliphatic rings. The average molecular weight is 290 g/mol. The van der Waals surface area contributed by atoms with Crippen LogP contribution < -0.4 is 0 Å². The van der Waals surface area contributed by atoms with Gasteiger partial charge in [-0.1, -0.05) is 24.3 Å². The number of para-hydroxylation sites is 1. The Labute approximate surface area is 120 Å². The van der Waals surface area contributed by atoms with Gasteiger partial charge in [0.2, 0.25) is 0 Å². The molecule has 0 heterocycles. The molecule has 0 fully saturated rings. The van der Waals surface area contributed by atoms with Crippen LogP contribution in [-0.4, -0.2) is 34.0 Å². The van der Waals surface area contributed by atoms with Crippen molar-refractivity contribution in [1.82, 2.24) is 0 Å². The van der Waals surface area contributed by atoms with Crippen molar-refractivity contribution >= 4 is 18.7 Å². The molecule has 6 heteroatoms. The van der Waals surface area contributed by atoms with Gasteiger partial charge in [-0.25, -0.2) is 9.59 Å². The maximum Gasteiger partial charge on any atom is 0.335 e. The fourth-order valence-corrected chi connectivity index (χ4v) is 1.21. The lowest BCUT2D eigenvalue weighted by atomic mass is 10.1. The molecule has 0 unspecified atom stereocenters. The molecule has 2 rings (SSSR count). The number of aromatic hydroxyl groups is 1. The van der Waals surface area contributed by atoms with E-state index in [1.54, 1.807) is 24.3 Å². The molecule has 0 aromatic heterocycles. The molecule has 2 aromatic carbocycles. The molecule has 0 saturated heterocycles. The predicted octanol–water partition coefficient (Wildman–Crippen LogP) is 2.29. The summed E-state index contributed by atoms with van der Waals surface area (Å²) in [5, 5.41) is 25.6. The van der Waals surface area contributed by atoms with Gasteiger partial charge in [0.15, 0.2) is 0 Å². The van der Waals surface area contributed by atoms with E-state index in [2.05, 4.69) is 0 Å². The predicted molar refractivity (Wildman–Crippen MR) is 75.6 cm³/mol. The van der Waals surface area contributed by atoms with Crippen LogP contribution >= 0.6 is 0 Å². The molecule has 0 radical (unpaired) electrons. The second kappa shape index (κ2) is 9.74. The number of aromatic carboxylic acids is 2. The fourth-order valence-electron chi connectivity index (χ4n) is 1.21. The summed E-state index contributed by atoms with van der Waals surface area (Å²) >= 11 is 0. The molecule has 0 aliphatic carbocycles. The lowest BCUT2D eigenvalue weighted by Crippen LogP contribution is -2.01. The molecule has 110 valence electrons. The van der Waals surface area contributed by atoms with Gasteiger partial charge in [0, 0.05) is 0 Å². The monoisotopic (exact) mass is 290 g/mol. The number of carbonyl (C=O) groups is 3. The largest absolute Gasteiger partial charge is 0.508 e. The minimum absolute atomic E-state index is 0.0186. The van der Waals surface area contributed by atoms with Crippen molar-refractivity contribution in [2.24, 2.45) is 0 Å². The van der Waals surface area contributed by atoms with Crippen LogP contribution in [0.1, 0.15) is 20.7 Å². The number of phenols is 1. The molecule has 0 spiro atoms. The number of hydrogen-bond donors (Lipinski definition) is 3. The Morgan fingerprint density at radius 1 is 0.762 bits per heavy atom. The first-order valence-corrected chi connectivity index (χ1v) is 5.60. The maximum absolute atomic E-state index is 10.4. The third-order valence-electron chi connectivity index (χ3n) is 2.11. The van der Waals surface area contributed by atoms with Gasteiger partial charge in [-0.3, -0.25) is 0 Å². The zero-order valence-electron chi connectivity index (χ0n) is 11.0. The third kappa shape index (κ3) is 7.12. The Kier molecular flexibility index (Phi) is 8.28. The summed E-state index contributed by atoms with van der Waals surface area (Å²) in [6.07, 6.45) is 0. The van der Waals surface area contributed by atoms with Gasteiger partial charge < -0.3 is 20.1 Å². The van der Waals surface area contributed by atoms with Crippen molar-refractivity contribution in [1.29, 1.82) is 0 Å². The molecule has 3 N–H and O–H groups in total. The quantitative estimate of drug-likeness (QED) is 0.782. The van der Waals surface area contributed by atoms with Crippen molar-refractivity contribution in [3.8, 4) is 5.75 Å². The van der Waals surface area contributed by atoms with Gasteiger partial charge in [-0.15, -0.1) is 0 Å². The van der Waals surface area contributed by atoms with E-state index in [9.17, 15) is 9.59 Å². The molecule has 21 heavy (non-hydrogen) atoms. The number of carbonyl (C=O) groups excluding carboxylic acids is 1. The van der Waals surface area contributed by atoms with Crippen LogP contribution in [0.5, 0.6) is 5.75 Å². The third-order valence-corrected chi connectivity index (χ3v) is 2.11. The molecule has 0 amide bonds. The van der Waals surface area contributed by atoms with Gasteiger partial charge in [0.05, 0.1) is 11.1 Å². The van der Waals surface area contributed by atoms with Crippen molar-refractivity contribution < 1.29 is 29.7 Å². The van der Waals surface area contributed by atoms with Gasteiger partial charge in [-0.2, -0.15) is 0 Å². The number of hydrogen-bond acceptors (Lipinski definition) is 4. The fraction of sp³-hybridized carbons (Fsp3) is 0. The summed E-state index contributed by atoms with van der Waals surface area (Å²) in [5.74, 6) is -1.93. The minimum Gasteiger partial charge on any atom is -0.508 e. The van der Waals surface area contributed by atoms with Crippen LogP contribution in [0.2, 0.25) is 0 Å². The van der Waals surface area contributed by atoms with E-state index in [4.69, 9.17) is 20.1 Å². The second-order valence-electron chi connectivity index (χ2n) is 3.53. The summed E-state index contributed by atoms with van der Waals surface area (Å²) in [7, 11) is 0. The van der Waals surface area contributed by atoms with Crippen LogP contribution in [0.25, 0.3) is 0 Å². The summed E-state index contributed by atoms with van der Waals surface area (Å²) in [6.45, 7) is 2.00. The summed E-state index contributed by atoms with van der Waals surface area (Å²) in [4.78, 5) is 28.8. The number of carboxylic acids is 2. The molecular formula is C15H14O6. The average Bonchev–Trinajstić information content (AvgIpc) is 2.51. The normalized spacial score (nSPS) is 8.38. The Balaban J connectivity index is 0.000000377. The zero-order chi connectivity index (χ0) is 16.3. The number of phenolic OH excluding ortho intramolecular Hbond substituents is 1. The Hall–Kier alpha value is -3.15. The van der Waals surface area contributed by atoms with Crippen LogP contribution in [-0.2, 0) is 4.79 Å². The van der Waals surface area contributed by atoms with E-state index in [0.29, 0.717) is 5.75 Å². The Morgan fingerprint density at radius 2 is 1.19 bits per heavy atom. The highest BCUT2D eigenvalue weighted by Gasteiger charge is 2.06. The topological polar surface area (TPSA) is 112 Å². The van der Waals surface area contributed by atoms with Crippen LogP contribution in [0.4, 0.5) is 0 Å². The van der Waals surface area contributed by atoms with E-state index in [1.807, 2.05) is 12.9 Å². The van der Waals surface area contributed by atoms with E-state index in [1.165, 1.54) is 18.2 Å². The molecule has 0 atom stereocenters. The van der Waals surface area contributed by atoms with E-state index in [0.717, 1.165) is 6.07 Å². The zero-order valence-corrected chi connectivity index (χ0v) is 11.0. The van der Waals surface area contributed by atoms with Crippen molar-refractivity contribution in [3.63, 3.8) is 0 Å². The van der Waals surface area contributed by atoms with Crippen LogP contribution in [0, 0.1) is 0 Å².